The minimum atomic E-state index is -0.706. The van der Waals surface area contributed by atoms with Crippen LogP contribution in [0.15, 0.2) is 60.9 Å². The maximum atomic E-state index is 12.3. The van der Waals surface area contributed by atoms with Gasteiger partial charge in [0.05, 0.1) is 18.1 Å². The lowest BCUT2D eigenvalue weighted by Crippen LogP contribution is -2.08. The van der Waals surface area contributed by atoms with E-state index in [0.29, 0.717) is 29.1 Å². The summed E-state index contributed by atoms with van der Waals surface area (Å²) in [5.74, 6) is 1.06. The quantitative estimate of drug-likeness (QED) is 0.501. The number of pyridine rings is 1. The monoisotopic (exact) mass is 382 g/mol. The third-order valence-corrected chi connectivity index (χ3v) is 4.47. The van der Waals surface area contributed by atoms with Crippen molar-refractivity contribution in [3.8, 4) is 11.5 Å². The molecule has 0 atom stereocenters. The molecule has 0 amide bonds. The number of carbonyl (C=O) groups excluding carboxylic acids is 1. The van der Waals surface area contributed by atoms with Gasteiger partial charge >= 0.3 is 6.09 Å². The number of aromatic nitrogens is 2. The molecule has 0 radical (unpaired) electrons. The summed E-state index contributed by atoms with van der Waals surface area (Å²) in [5.41, 5.74) is 2.24. The van der Waals surface area contributed by atoms with Crippen LogP contribution in [-0.2, 0) is 10.9 Å². The number of nitrogens with zero attached hydrogens (tertiary/aromatic N) is 2. The lowest BCUT2D eigenvalue weighted by molar-refractivity contribution is 0.209. The maximum Gasteiger partial charge on any atom is 0.437 e. The van der Waals surface area contributed by atoms with Gasteiger partial charge in [-0.15, -0.1) is 0 Å². The first-order chi connectivity index (χ1) is 13.2. The Labute approximate surface area is 160 Å². The molecule has 7 heteroatoms. The van der Waals surface area contributed by atoms with Crippen LogP contribution in [0.25, 0.3) is 21.8 Å². The van der Waals surface area contributed by atoms with Crippen LogP contribution < -0.4 is 9.47 Å². The van der Waals surface area contributed by atoms with Crippen molar-refractivity contribution in [2.75, 3.05) is 7.11 Å². The van der Waals surface area contributed by atoms with Crippen LogP contribution in [0.4, 0.5) is 4.79 Å². The van der Waals surface area contributed by atoms with Crippen molar-refractivity contribution >= 4 is 39.8 Å². The number of rotatable bonds is 4. The summed E-state index contributed by atoms with van der Waals surface area (Å²) in [5, 5.41) is 1.56. The minimum absolute atomic E-state index is 0.366. The highest BCUT2D eigenvalue weighted by atomic mass is 35.5. The predicted octanol–water partition coefficient (Wildman–Crippen LogP) is 4.92. The predicted molar refractivity (Wildman–Crippen MR) is 102 cm³/mol. The van der Waals surface area contributed by atoms with Crippen molar-refractivity contribution in [2.45, 2.75) is 6.61 Å². The second kappa shape index (κ2) is 7.17. The maximum absolute atomic E-state index is 12.3. The Kier molecular flexibility index (Phi) is 4.56. The van der Waals surface area contributed by atoms with Gasteiger partial charge in [0, 0.05) is 29.2 Å². The van der Waals surface area contributed by atoms with E-state index in [1.165, 1.54) is 4.57 Å². The van der Waals surface area contributed by atoms with E-state index in [-0.39, 0.29) is 0 Å². The molecule has 0 spiro atoms. The van der Waals surface area contributed by atoms with E-state index < -0.39 is 6.09 Å². The van der Waals surface area contributed by atoms with Gasteiger partial charge in [0.15, 0.2) is 11.5 Å². The zero-order valence-electron chi connectivity index (χ0n) is 14.4. The lowest BCUT2D eigenvalue weighted by Gasteiger charge is -2.12. The molecule has 4 aromatic rings. The van der Waals surface area contributed by atoms with Crippen LogP contribution in [0.5, 0.6) is 11.5 Å². The van der Waals surface area contributed by atoms with E-state index in [4.69, 9.17) is 21.3 Å². The molecule has 6 nitrogen and oxygen atoms in total. The summed E-state index contributed by atoms with van der Waals surface area (Å²) in [6.45, 7) is 0.366. The number of carbonyl (C=O) groups is 1. The molecule has 2 aromatic carbocycles. The molecule has 0 aliphatic rings. The number of fused-ring (bicyclic) bond motifs is 3. The Balaban J connectivity index is 1.87. The van der Waals surface area contributed by atoms with Crippen molar-refractivity contribution in [1.82, 2.24) is 9.55 Å². The molecule has 0 saturated heterocycles. The standard InChI is InChI=1S/C20H15ClN2O4/c1-25-18-9-14-15-11-22-8-7-16(15)23(20(24)27-21)17(14)10-19(18)26-12-13-5-3-2-4-6-13/h2-11H,12H2,1H3. The fourth-order valence-corrected chi connectivity index (χ4v) is 3.18. The third-order valence-electron chi connectivity index (χ3n) is 4.34. The zero-order valence-corrected chi connectivity index (χ0v) is 15.1. The summed E-state index contributed by atoms with van der Waals surface area (Å²) in [4.78, 5) is 16.4. The second-order valence-corrected chi connectivity index (χ2v) is 6.02. The third kappa shape index (κ3) is 3.04. The molecule has 0 aliphatic heterocycles. The van der Waals surface area contributed by atoms with Gasteiger partial charge in [-0.05, 0) is 17.7 Å². The summed E-state index contributed by atoms with van der Waals surface area (Å²) in [6.07, 6.45) is 2.57. The normalized spacial score (nSPS) is 10.9. The zero-order chi connectivity index (χ0) is 18.8. The Hall–Kier alpha value is -3.25. The van der Waals surface area contributed by atoms with E-state index >= 15 is 0 Å². The fourth-order valence-electron chi connectivity index (χ4n) is 3.11. The van der Waals surface area contributed by atoms with E-state index in [0.717, 1.165) is 16.3 Å². The molecule has 0 aliphatic carbocycles. The van der Waals surface area contributed by atoms with Gasteiger partial charge in [0.25, 0.3) is 0 Å². The largest absolute Gasteiger partial charge is 0.493 e. The molecule has 27 heavy (non-hydrogen) atoms. The number of hydrogen-bond donors (Lipinski definition) is 0. The first-order valence-electron chi connectivity index (χ1n) is 8.18. The Bertz CT molecular complexity index is 1130. The van der Waals surface area contributed by atoms with Crippen LogP contribution in [0, 0.1) is 0 Å². The van der Waals surface area contributed by atoms with Crippen LogP contribution >= 0.6 is 11.9 Å². The molecule has 0 saturated carbocycles. The van der Waals surface area contributed by atoms with E-state index in [1.807, 2.05) is 36.4 Å². The fraction of sp³-hybridized carbons (Fsp3) is 0.100. The average molecular weight is 383 g/mol. The highest BCUT2D eigenvalue weighted by Crippen LogP contribution is 2.38. The number of halogens is 1. The first kappa shape index (κ1) is 17.2. The summed E-state index contributed by atoms with van der Waals surface area (Å²) in [6, 6.07) is 15.1. The molecular weight excluding hydrogens is 368 g/mol. The molecule has 0 N–H and O–H groups in total. The molecular formula is C20H15ClN2O4. The van der Waals surface area contributed by atoms with Crippen molar-refractivity contribution in [2.24, 2.45) is 0 Å². The van der Waals surface area contributed by atoms with Crippen molar-refractivity contribution < 1.29 is 18.6 Å². The molecule has 2 heterocycles. The highest BCUT2D eigenvalue weighted by molar-refractivity contribution is 6.17. The summed E-state index contributed by atoms with van der Waals surface area (Å²) in [7, 11) is 1.57. The van der Waals surface area contributed by atoms with Gasteiger partial charge in [-0.2, -0.15) is 0 Å². The van der Waals surface area contributed by atoms with Crippen LogP contribution in [0.1, 0.15) is 5.56 Å². The molecule has 0 fully saturated rings. The lowest BCUT2D eigenvalue weighted by atomic mass is 10.2. The van der Waals surface area contributed by atoms with E-state index in [9.17, 15) is 4.79 Å². The van der Waals surface area contributed by atoms with Crippen LogP contribution in [-0.4, -0.2) is 22.8 Å². The first-order valence-corrected chi connectivity index (χ1v) is 8.49. The SMILES string of the molecule is COc1cc2c3cnccc3n(C(=O)OCl)c2cc1OCc1ccccc1. The molecule has 0 bridgehead atoms. The van der Waals surface area contributed by atoms with Gasteiger partial charge in [0.1, 0.15) is 18.5 Å². The minimum Gasteiger partial charge on any atom is -0.493 e. The molecule has 4 rings (SSSR count). The number of methoxy groups -OCH3 is 1. The number of hydrogen-bond acceptors (Lipinski definition) is 5. The van der Waals surface area contributed by atoms with Gasteiger partial charge in [-0.25, -0.2) is 9.36 Å². The Morgan fingerprint density at radius 1 is 1.07 bits per heavy atom. The van der Waals surface area contributed by atoms with E-state index in [1.54, 1.807) is 31.6 Å². The second-order valence-electron chi connectivity index (χ2n) is 5.87. The average Bonchev–Trinajstić information content (AvgIpc) is 3.05. The molecule has 0 unspecified atom stereocenters. The van der Waals surface area contributed by atoms with Crippen LogP contribution in [0.3, 0.4) is 0 Å². The molecule has 136 valence electrons. The van der Waals surface area contributed by atoms with Crippen LogP contribution in [0.2, 0.25) is 0 Å². The van der Waals surface area contributed by atoms with Crippen molar-refractivity contribution in [3.63, 3.8) is 0 Å². The number of ether oxygens (including phenoxy) is 2. The molecule has 2 aromatic heterocycles. The van der Waals surface area contributed by atoms with Crippen molar-refractivity contribution in [3.05, 3.63) is 66.5 Å². The Morgan fingerprint density at radius 3 is 2.63 bits per heavy atom. The van der Waals surface area contributed by atoms with Gasteiger partial charge in [-0.3, -0.25) is 4.98 Å². The summed E-state index contributed by atoms with van der Waals surface area (Å²) >= 11 is 5.34. The van der Waals surface area contributed by atoms with Gasteiger partial charge < -0.3 is 13.8 Å². The van der Waals surface area contributed by atoms with Crippen molar-refractivity contribution in [1.29, 1.82) is 0 Å². The Morgan fingerprint density at radius 2 is 1.89 bits per heavy atom. The van der Waals surface area contributed by atoms with Gasteiger partial charge in [-0.1, -0.05) is 30.3 Å². The van der Waals surface area contributed by atoms with E-state index in [2.05, 4.69) is 9.27 Å². The van der Waals surface area contributed by atoms with Gasteiger partial charge in [0.2, 0.25) is 0 Å². The smallest absolute Gasteiger partial charge is 0.437 e. The highest BCUT2D eigenvalue weighted by Gasteiger charge is 2.20. The number of benzene rings is 2. The topological polar surface area (TPSA) is 62.6 Å². The summed E-state index contributed by atoms with van der Waals surface area (Å²) < 4.78 is 17.3.